The summed E-state index contributed by atoms with van der Waals surface area (Å²) in [6.07, 6.45) is 5.27. The van der Waals surface area contributed by atoms with Gasteiger partial charge in [-0.2, -0.15) is 0 Å². The number of hydrogen-bond donors (Lipinski definition) is 1. The molecule has 1 N–H and O–H groups in total. The number of carboxylic acids is 1. The van der Waals surface area contributed by atoms with Crippen LogP contribution in [0.25, 0.3) is 0 Å². The third-order valence-corrected chi connectivity index (χ3v) is 2.15. The van der Waals surface area contributed by atoms with Gasteiger partial charge in [0.15, 0.2) is 5.82 Å². The molecule has 0 saturated carbocycles. The lowest BCUT2D eigenvalue weighted by atomic mass is 10.1. The first-order chi connectivity index (χ1) is 7.24. The number of carbonyl (C=O) groups is 1. The Morgan fingerprint density at radius 1 is 1.40 bits per heavy atom. The van der Waals surface area contributed by atoms with Gasteiger partial charge in [0.05, 0.1) is 0 Å². The number of aliphatic carboxylic acids is 1. The lowest BCUT2D eigenvalue weighted by molar-refractivity contribution is -0.138. The minimum Gasteiger partial charge on any atom is -0.480 e. The Bertz CT molecular complexity index is 311. The van der Waals surface area contributed by atoms with Crippen LogP contribution in [0.1, 0.15) is 38.4 Å². The van der Waals surface area contributed by atoms with Crippen LogP contribution in [-0.2, 0) is 17.8 Å². The molecular weight excluding hydrogens is 196 g/mol. The van der Waals surface area contributed by atoms with Gasteiger partial charge in [0.1, 0.15) is 6.54 Å². The van der Waals surface area contributed by atoms with Crippen molar-refractivity contribution >= 4 is 5.97 Å². The molecule has 1 aromatic rings. The second kappa shape index (κ2) is 6.10. The summed E-state index contributed by atoms with van der Waals surface area (Å²) in [6.45, 7) is 1.99. The fourth-order valence-corrected chi connectivity index (χ4v) is 1.36. The molecule has 6 heteroatoms. The van der Waals surface area contributed by atoms with Gasteiger partial charge in [-0.05, 0) is 16.8 Å². The van der Waals surface area contributed by atoms with E-state index in [1.807, 2.05) is 0 Å². The lowest BCUT2D eigenvalue weighted by Crippen LogP contribution is -2.13. The van der Waals surface area contributed by atoms with Gasteiger partial charge in [0.2, 0.25) is 0 Å². The summed E-state index contributed by atoms with van der Waals surface area (Å²) in [5, 5.41) is 19.5. The summed E-state index contributed by atoms with van der Waals surface area (Å²) in [5.74, 6) is -0.259. The van der Waals surface area contributed by atoms with Crippen LogP contribution in [0.2, 0.25) is 0 Å². The third-order valence-electron chi connectivity index (χ3n) is 2.15. The van der Waals surface area contributed by atoms with Crippen LogP contribution in [0.3, 0.4) is 0 Å². The summed E-state index contributed by atoms with van der Waals surface area (Å²) in [5.41, 5.74) is 0. The number of aryl methyl sites for hydroxylation is 1. The minimum atomic E-state index is -0.919. The Kier molecular flexibility index (Phi) is 4.73. The van der Waals surface area contributed by atoms with E-state index in [9.17, 15) is 4.79 Å². The molecule has 1 aromatic heterocycles. The molecule has 15 heavy (non-hydrogen) atoms. The van der Waals surface area contributed by atoms with E-state index in [0.717, 1.165) is 19.3 Å². The smallest absolute Gasteiger partial charge is 0.325 e. The second-order valence-electron chi connectivity index (χ2n) is 3.46. The number of nitrogens with zero attached hydrogens (tertiary/aromatic N) is 4. The summed E-state index contributed by atoms with van der Waals surface area (Å²) < 4.78 is 1.34. The van der Waals surface area contributed by atoms with Crippen LogP contribution in [0.15, 0.2) is 0 Å². The second-order valence-corrected chi connectivity index (χ2v) is 3.46. The summed E-state index contributed by atoms with van der Waals surface area (Å²) >= 11 is 0. The van der Waals surface area contributed by atoms with Gasteiger partial charge in [-0.15, -0.1) is 5.10 Å². The number of rotatable bonds is 7. The van der Waals surface area contributed by atoms with Crippen molar-refractivity contribution < 1.29 is 9.90 Å². The molecule has 6 nitrogen and oxygen atoms in total. The normalized spacial score (nSPS) is 10.5. The Morgan fingerprint density at radius 2 is 2.20 bits per heavy atom. The first kappa shape index (κ1) is 11.6. The topological polar surface area (TPSA) is 80.9 Å². The quantitative estimate of drug-likeness (QED) is 0.678. The number of hydrogen-bond acceptors (Lipinski definition) is 4. The highest BCUT2D eigenvalue weighted by atomic mass is 16.4. The Labute approximate surface area is 88.3 Å². The summed E-state index contributed by atoms with van der Waals surface area (Å²) in [6, 6.07) is 0. The van der Waals surface area contributed by atoms with Crippen LogP contribution in [0.4, 0.5) is 0 Å². The van der Waals surface area contributed by atoms with E-state index in [-0.39, 0.29) is 6.54 Å². The zero-order valence-corrected chi connectivity index (χ0v) is 8.89. The van der Waals surface area contributed by atoms with E-state index in [1.54, 1.807) is 0 Å². The SMILES string of the molecule is CCCCCCc1nnnn1CC(=O)O. The molecule has 0 spiro atoms. The minimum absolute atomic E-state index is 0.157. The number of carboxylic acid groups (broad SMARTS) is 1. The van der Waals surface area contributed by atoms with E-state index >= 15 is 0 Å². The summed E-state index contributed by atoms with van der Waals surface area (Å²) in [7, 11) is 0. The molecule has 0 radical (unpaired) electrons. The van der Waals surface area contributed by atoms with Gasteiger partial charge in [-0.25, -0.2) is 4.68 Å². The standard InChI is InChI=1S/C9H16N4O2/c1-2-3-4-5-6-8-10-11-12-13(8)7-9(14)15/h2-7H2,1H3,(H,14,15). The van der Waals surface area contributed by atoms with Crippen LogP contribution in [0.5, 0.6) is 0 Å². The average Bonchev–Trinajstić information content (AvgIpc) is 2.59. The van der Waals surface area contributed by atoms with Gasteiger partial charge in [0, 0.05) is 6.42 Å². The maximum atomic E-state index is 10.5. The van der Waals surface area contributed by atoms with Crippen LogP contribution in [0, 0.1) is 0 Å². The molecular formula is C9H16N4O2. The summed E-state index contributed by atoms with van der Waals surface area (Å²) in [4.78, 5) is 10.5. The van der Waals surface area contributed by atoms with Crippen molar-refractivity contribution in [2.75, 3.05) is 0 Å². The molecule has 0 fully saturated rings. The monoisotopic (exact) mass is 212 g/mol. The highest BCUT2D eigenvalue weighted by Gasteiger charge is 2.08. The zero-order chi connectivity index (χ0) is 11.1. The Balaban J connectivity index is 2.39. The van der Waals surface area contributed by atoms with Crippen molar-refractivity contribution in [3.63, 3.8) is 0 Å². The fraction of sp³-hybridized carbons (Fsp3) is 0.778. The van der Waals surface area contributed by atoms with Crippen molar-refractivity contribution in [1.82, 2.24) is 20.2 Å². The molecule has 1 heterocycles. The van der Waals surface area contributed by atoms with Gasteiger partial charge in [0.25, 0.3) is 0 Å². The van der Waals surface area contributed by atoms with Crippen molar-refractivity contribution in [1.29, 1.82) is 0 Å². The average molecular weight is 212 g/mol. The molecule has 0 aliphatic carbocycles. The molecule has 1 rings (SSSR count). The van der Waals surface area contributed by atoms with Crippen LogP contribution < -0.4 is 0 Å². The third kappa shape index (κ3) is 4.05. The molecule has 0 aromatic carbocycles. The molecule has 84 valence electrons. The van der Waals surface area contributed by atoms with Crippen LogP contribution >= 0.6 is 0 Å². The first-order valence-electron chi connectivity index (χ1n) is 5.21. The van der Waals surface area contributed by atoms with Crippen LogP contribution in [-0.4, -0.2) is 31.3 Å². The van der Waals surface area contributed by atoms with E-state index < -0.39 is 5.97 Å². The predicted octanol–water partition coefficient (Wildman–Crippen LogP) is 0.880. The van der Waals surface area contributed by atoms with Crippen molar-refractivity contribution in [2.24, 2.45) is 0 Å². The molecule has 0 unspecified atom stereocenters. The molecule has 0 aliphatic heterocycles. The predicted molar refractivity (Wildman–Crippen MR) is 53.3 cm³/mol. The van der Waals surface area contributed by atoms with Crippen molar-refractivity contribution in [3.8, 4) is 0 Å². The Morgan fingerprint density at radius 3 is 2.87 bits per heavy atom. The van der Waals surface area contributed by atoms with E-state index in [1.165, 1.54) is 17.5 Å². The highest BCUT2D eigenvalue weighted by molar-refractivity contribution is 5.66. The molecule has 0 amide bonds. The molecule has 0 saturated heterocycles. The van der Waals surface area contributed by atoms with Gasteiger partial charge in [-0.3, -0.25) is 4.79 Å². The maximum Gasteiger partial charge on any atom is 0.325 e. The number of unbranched alkanes of at least 4 members (excludes halogenated alkanes) is 3. The van der Waals surface area contributed by atoms with Gasteiger partial charge in [-0.1, -0.05) is 26.2 Å². The molecule has 0 aliphatic rings. The number of aromatic nitrogens is 4. The molecule has 0 atom stereocenters. The fourth-order valence-electron chi connectivity index (χ4n) is 1.36. The first-order valence-corrected chi connectivity index (χ1v) is 5.21. The lowest BCUT2D eigenvalue weighted by Gasteiger charge is -2.00. The van der Waals surface area contributed by atoms with E-state index in [2.05, 4.69) is 22.4 Å². The van der Waals surface area contributed by atoms with Gasteiger partial charge < -0.3 is 5.11 Å². The number of tetrazole rings is 1. The molecule has 0 bridgehead atoms. The van der Waals surface area contributed by atoms with E-state index in [0.29, 0.717) is 5.82 Å². The van der Waals surface area contributed by atoms with Crippen molar-refractivity contribution in [2.45, 2.75) is 45.6 Å². The van der Waals surface area contributed by atoms with Crippen molar-refractivity contribution in [3.05, 3.63) is 5.82 Å². The maximum absolute atomic E-state index is 10.5. The van der Waals surface area contributed by atoms with Gasteiger partial charge >= 0.3 is 5.97 Å². The highest BCUT2D eigenvalue weighted by Crippen LogP contribution is 2.04. The van der Waals surface area contributed by atoms with E-state index in [4.69, 9.17) is 5.11 Å². The Hall–Kier alpha value is -1.46. The largest absolute Gasteiger partial charge is 0.480 e. The zero-order valence-electron chi connectivity index (χ0n) is 8.89.